The lowest BCUT2D eigenvalue weighted by Gasteiger charge is -2.37. The van der Waals surface area contributed by atoms with Crippen LogP contribution in [0.5, 0.6) is 5.88 Å². The molecule has 8 heteroatoms. The van der Waals surface area contributed by atoms with E-state index in [9.17, 15) is 23.4 Å². The van der Waals surface area contributed by atoms with Crippen LogP contribution in [0, 0.1) is 0 Å². The molecule has 2 N–H and O–H groups in total. The molecule has 1 aromatic rings. The highest BCUT2D eigenvalue weighted by molar-refractivity contribution is 5.18. The van der Waals surface area contributed by atoms with Crippen molar-refractivity contribution in [2.24, 2.45) is 0 Å². The van der Waals surface area contributed by atoms with E-state index in [-0.39, 0.29) is 12.5 Å². The van der Waals surface area contributed by atoms with E-state index in [0.29, 0.717) is 5.57 Å². The minimum absolute atomic E-state index is 0.103. The number of rotatable bonds is 3. The fraction of sp³-hybridized carbons (Fsp3) is 0.500. The van der Waals surface area contributed by atoms with Gasteiger partial charge in [0.25, 0.3) is 0 Å². The molecule has 1 saturated heterocycles. The van der Waals surface area contributed by atoms with Gasteiger partial charge < -0.3 is 19.7 Å². The Balaban J connectivity index is 2.10. The number of hydrogen-bond donors (Lipinski definition) is 2. The van der Waals surface area contributed by atoms with Crippen molar-refractivity contribution in [1.29, 1.82) is 0 Å². The first-order valence-electron chi connectivity index (χ1n) is 6.54. The highest BCUT2D eigenvalue weighted by Gasteiger charge is 2.40. The van der Waals surface area contributed by atoms with Gasteiger partial charge in [0.05, 0.1) is 6.61 Å². The molecule has 0 bridgehead atoms. The van der Waals surface area contributed by atoms with Crippen LogP contribution in [0.3, 0.4) is 0 Å². The highest BCUT2D eigenvalue weighted by Crippen LogP contribution is 2.29. The van der Waals surface area contributed by atoms with Gasteiger partial charge in [0.15, 0.2) is 6.10 Å². The van der Waals surface area contributed by atoms with Gasteiger partial charge >= 0.3 is 6.18 Å². The molecule has 0 saturated carbocycles. The first-order valence-corrected chi connectivity index (χ1v) is 6.54. The van der Waals surface area contributed by atoms with E-state index in [0.717, 1.165) is 12.1 Å². The van der Waals surface area contributed by atoms with E-state index in [1.54, 1.807) is 6.92 Å². The molecule has 122 valence electrons. The Bertz CT molecular complexity index is 549. The summed E-state index contributed by atoms with van der Waals surface area (Å²) in [5.74, 6) is -0.302. The van der Waals surface area contributed by atoms with E-state index >= 15 is 0 Å². The zero-order valence-electron chi connectivity index (χ0n) is 11.7. The Kier molecular flexibility index (Phi) is 4.74. The number of pyridine rings is 1. The molecule has 0 radical (unpaired) electrons. The molecule has 1 aliphatic heterocycles. The second-order valence-corrected chi connectivity index (χ2v) is 5.10. The molecule has 2 rings (SSSR count). The van der Waals surface area contributed by atoms with Crippen LogP contribution in [0.4, 0.5) is 13.2 Å². The molecule has 1 aromatic heterocycles. The van der Waals surface area contributed by atoms with Gasteiger partial charge in [0.2, 0.25) is 5.88 Å². The summed E-state index contributed by atoms with van der Waals surface area (Å²) >= 11 is 0. The maximum Gasteiger partial charge on any atom is 0.433 e. The molecule has 0 spiro atoms. The number of hydrogen-bond acceptors (Lipinski definition) is 5. The Morgan fingerprint density at radius 1 is 1.36 bits per heavy atom. The first kappa shape index (κ1) is 16.7. The average Bonchev–Trinajstić information content (AvgIpc) is 2.43. The summed E-state index contributed by atoms with van der Waals surface area (Å²) in [5, 5.41) is 19.9. The fourth-order valence-electron chi connectivity index (χ4n) is 2.13. The molecular formula is C14H16F3NO4. The highest BCUT2D eigenvalue weighted by atomic mass is 19.4. The Morgan fingerprint density at radius 2 is 2.05 bits per heavy atom. The molecule has 2 heterocycles. The van der Waals surface area contributed by atoms with Crippen LogP contribution in [0.25, 0.3) is 0 Å². The van der Waals surface area contributed by atoms with Crippen molar-refractivity contribution in [3.63, 3.8) is 0 Å². The minimum atomic E-state index is -4.59. The van der Waals surface area contributed by atoms with Crippen LogP contribution in [0.2, 0.25) is 0 Å². The molecule has 1 aliphatic rings. The molecule has 0 aliphatic carbocycles. The second kappa shape index (κ2) is 6.23. The van der Waals surface area contributed by atoms with E-state index in [1.165, 1.54) is 6.07 Å². The molecule has 0 amide bonds. The lowest BCUT2D eigenvalue weighted by Crippen LogP contribution is -2.55. The molecule has 5 nitrogen and oxygen atoms in total. The number of aliphatic hydroxyl groups is 2. The maximum absolute atomic E-state index is 12.6. The van der Waals surface area contributed by atoms with E-state index in [4.69, 9.17) is 9.47 Å². The van der Waals surface area contributed by atoms with Crippen LogP contribution in [0.15, 0.2) is 30.4 Å². The van der Waals surface area contributed by atoms with Crippen LogP contribution < -0.4 is 4.74 Å². The third-order valence-corrected chi connectivity index (χ3v) is 3.25. The minimum Gasteiger partial charge on any atom is -0.469 e. The third kappa shape index (κ3) is 3.57. The van der Waals surface area contributed by atoms with Gasteiger partial charge in [-0.25, -0.2) is 4.98 Å². The molecule has 1 fully saturated rings. The van der Waals surface area contributed by atoms with E-state index in [1.807, 2.05) is 0 Å². The van der Waals surface area contributed by atoms with Gasteiger partial charge in [0, 0.05) is 6.07 Å². The van der Waals surface area contributed by atoms with Crippen molar-refractivity contribution in [2.45, 2.75) is 37.5 Å². The normalized spacial score (nSPS) is 29.2. The van der Waals surface area contributed by atoms with Gasteiger partial charge in [-0.15, -0.1) is 0 Å². The fourth-order valence-corrected chi connectivity index (χ4v) is 2.13. The lowest BCUT2D eigenvalue weighted by molar-refractivity contribution is -0.170. The quantitative estimate of drug-likeness (QED) is 0.827. The summed E-state index contributed by atoms with van der Waals surface area (Å²) < 4.78 is 48.3. The van der Waals surface area contributed by atoms with Crippen LogP contribution >= 0.6 is 0 Å². The van der Waals surface area contributed by atoms with Crippen molar-refractivity contribution in [2.75, 3.05) is 6.61 Å². The first-order chi connectivity index (χ1) is 10.2. The zero-order chi connectivity index (χ0) is 16.5. The second-order valence-electron chi connectivity index (χ2n) is 5.10. The zero-order valence-corrected chi connectivity index (χ0v) is 11.7. The van der Waals surface area contributed by atoms with E-state index in [2.05, 4.69) is 11.6 Å². The number of nitrogens with zero attached hydrogens (tertiary/aromatic N) is 1. The summed E-state index contributed by atoms with van der Waals surface area (Å²) in [6.45, 7) is 5.17. The summed E-state index contributed by atoms with van der Waals surface area (Å²) in [7, 11) is 0. The topological polar surface area (TPSA) is 71.8 Å². The number of halogens is 3. The summed E-state index contributed by atoms with van der Waals surface area (Å²) in [5.41, 5.74) is -0.571. The van der Waals surface area contributed by atoms with Crippen LogP contribution in [0.1, 0.15) is 12.6 Å². The Hall–Kier alpha value is -1.64. The molecule has 0 aromatic carbocycles. The predicted molar refractivity (Wildman–Crippen MR) is 70.2 cm³/mol. The Morgan fingerprint density at radius 3 is 2.64 bits per heavy atom. The number of aromatic nitrogens is 1. The maximum atomic E-state index is 12.6. The smallest absolute Gasteiger partial charge is 0.433 e. The van der Waals surface area contributed by atoms with Gasteiger partial charge in [-0.3, -0.25) is 0 Å². The summed E-state index contributed by atoms with van der Waals surface area (Å²) in [6, 6.07) is 3.19. The number of alkyl halides is 3. The standard InChI is InChI=1S/C14H16F3NO4/c1-7(2)13-12(20)11(19)8(6-21-13)22-10-5-3-4-9(18-10)14(15,16)17/h3-5,8,11-13,19-20H,1,6H2,2H3/t8-,11+,12+,13+/m0/s1. The SMILES string of the molecule is C=C(C)[C@H]1OC[C@H](Oc2cccc(C(F)(F)F)n2)[C@@H](O)[C@H]1O. The van der Waals surface area contributed by atoms with Gasteiger partial charge in [-0.2, -0.15) is 13.2 Å². The molecule has 22 heavy (non-hydrogen) atoms. The largest absolute Gasteiger partial charge is 0.469 e. The molecule has 4 atom stereocenters. The average molecular weight is 319 g/mol. The summed E-state index contributed by atoms with van der Waals surface area (Å²) in [4.78, 5) is 3.34. The molecular weight excluding hydrogens is 303 g/mol. The van der Waals surface area contributed by atoms with Gasteiger partial charge in [-0.05, 0) is 18.6 Å². The lowest BCUT2D eigenvalue weighted by atomic mass is 9.96. The van der Waals surface area contributed by atoms with Crippen molar-refractivity contribution in [1.82, 2.24) is 4.98 Å². The van der Waals surface area contributed by atoms with Crippen LogP contribution in [-0.2, 0) is 10.9 Å². The Labute approximate surface area is 125 Å². The van der Waals surface area contributed by atoms with Gasteiger partial charge in [0.1, 0.15) is 24.0 Å². The molecule has 0 unspecified atom stereocenters. The summed E-state index contributed by atoms with van der Waals surface area (Å²) in [6.07, 6.45) is -8.97. The van der Waals surface area contributed by atoms with Crippen molar-refractivity contribution in [3.8, 4) is 5.88 Å². The monoisotopic (exact) mass is 319 g/mol. The van der Waals surface area contributed by atoms with E-state index < -0.39 is 36.3 Å². The van der Waals surface area contributed by atoms with Crippen molar-refractivity contribution < 1.29 is 32.9 Å². The number of aliphatic hydroxyl groups excluding tert-OH is 2. The van der Waals surface area contributed by atoms with Crippen molar-refractivity contribution >= 4 is 0 Å². The number of ether oxygens (including phenoxy) is 2. The van der Waals surface area contributed by atoms with Crippen LogP contribution in [-0.4, -0.2) is 46.2 Å². The van der Waals surface area contributed by atoms with Gasteiger partial charge in [-0.1, -0.05) is 12.6 Å². The van der Waals surface area contributed by atoms with Crippen molar-refractivity contribution in [3.05, 3.63) is 36.0 Å². The third-order valence-electron chi connectivity index (χ3n) is 3.25. The predicted octanol–water partition coefficient (Wildman–Crippen LogP) is 1.54.